The molecule has 4 nitrogen and oxygen atoms in total. The summed E-state index contributed by atoms with van der Waals surface area (Å²) in [6.07, 6.45) is 6.29. The molecule has 0 aromatic rings. The fourth-order valence-corrected chi connectivity index (χ4v) is 0.742. The van der Waals surface area contributed by atoms with Gasteiger partial charge in [0.1, 0.15) is 0 Å². The maximum atomic E-state index is 10.3. The number of nitro groups is 1. The van der Waals surface area contributed by atoms with Crippen molar-refractivity contribution in [2.24, 2.45) is 0 Å². The van der Waals surface area contributed by atoms with E-state index in [-0.39, 0.29) is 5.70 Å². The van der Waals surface area contributed by atoms with Crippen LogP contribution in [0.25, 0.3) is 0 Å². The Morgan fingerprint density at radius 1 is 1.64 bits per heavy atom. The van der Waals surface area contributed by atoms with Gasteiger partial charge in [0.05, 0.1) is 11.1 Å². The standard InChI is InChI=1S/C7H8N2O2/c1-6-2-3-8-5-7(4-6)9(10)11/h2-5,8H,1H3. The minimum atomic E-state index is -0.427. The van der Waals surface area contributed by atoms with Gasteiger partial charge in [-0.2, -0.15) is 0 Å². The van der Waals surface area contributed by atoms with Gasteiger partial charge in [-0.15, -0.1) is 0 Å². The SMILES string of the molecule is CC1=CC([N+](=O)[O-])=CNC=C1. The normalized spacial score (nSPS) is 16.1. The molecule has 0 spiro atoms. The van der Waals surface area contributed by atoms with Crippen molar-refractivity contribution in [1.29, 1.82) is 0 Å². The van der Waals surface area contributed by atoms with Gasteiger partial charge in [0.2, 0.25) is 0 Å². The van der Waals surface area contributed by atoms with Crippen LogP contribution in [0.1, 0.15) is 6.92 Å². The molecular weight excluding hydrogens is 144 g/mol. The van der Waals surface area contributed by atoms with E-state index in [9.17, 15) is 10.1 Å². The third-order valence-corrected chi connectivity index (χ3v) is 1.26. The van der Waals surface area contributed by atoms with Crippen LogP contribution in [0.5, 0.6) is 0 Å². The molecule has 0 saturated carbocycles. The summed E-state index contributed by atoms with van der Waals surface area (Å²) in [5.74, 6) is 0. The van der Waals surface area contributed by atoms with Crippen LogP contribution in [0.3, 0.4) is 0 Å². The van der Waals surface area contributed by atoms with Crippen molar-refractivity contribution >= 4 is 0 Å². The van der Waals surface area contributed by atoms with E-state index in [0.717, 1.165) is 5.57 Å². The lowest BCUT2D eigenvalue weighted by atomic mass is 10.2. The molecule has 0 aliphatic carbocycles. The van der Waals surface area contributed by atoms with E-state index in [2.05, 4.69) is 5.32 Å². The topological polar surface area (TPSA) is 55.2 Å². The number of rotatable bonds is 1. The highest BCUT2D eigenvalue weighted by atomic mass is 16.6. The quantitative estimate of drug-likeness (QED) is 0.453. The molecule has 0 radical (unpaired) electrons. The smallest absolute Gasteiger partial charge is 0.285 e. The van der Waals surface area contributed by atoms with E-state index >= 15 is 0 Å². The van der Waals surface area contributed by atoms with Gasteiger partial charge in [0.25, 0.3) is 5.70 Å². The molecule has 1 aliphatic heterocycles. The molecule has 1 heterocycles. The first-order valence-electron chi connectivity index (χ1n) is 3.15. The largest absolute Gasteiger partial charge is 0.362 e. The lowest BCUT2D eigenvalue weighted by Crippen LogP contribution is -2.00. The van der Waals surface area contributed by atoms with Crippen LogP contribution in [0.15, 0.2) is 35.8 Å². The molecule has 0 amide bonds. The number of nitrogens with one attached hydrogen (secondary N) is 1. The maximum absolute atomic E-state index is 10.3. The Hall–Kier alpha value is -1.58. The van der Waals surface area contributed by atoms with E-state index in [1.165, 1.54) is 12.3 Å². The minimum Gasteiger partial charge on any atom is -0.362 e. The third-order valence-electron chi connectivity index (χ3n) is 1.26. The second kappa shape index (κ2) is 3.01. The summed E-state index contributed by atoms with van der Waals surface area (Å²) in [5.41, 5.74) is 0.936. The van der Waals surface area contributed by atoms with Crippen LogP contribution >= 0.6 is 0 Å². The van der Waals surface area contributed by atoms with Crippen molar-refractivity contribution in [1.82, 2.24) is 5.32 Å². The zero-order valence-electron chi connectivity index (χ0n) is 6.07. The zero-order chi connectivity index (χ0) is 8.27. The predicted octanol–water partition coefficient (Wildman–Crippen LogP) is 1.17. The molecule has 1 N–H and O–H groups in total. The molecule has 0 unspecified atom stereocenters. The number of hydrogen-bond acceptors (Lipinski definition) is 3. The number of allylic oxidation sites excluding steroid dienone is 3. The first-order valence-corrected chi connectivity index (χ1v) is 3.15. The highest BCUT2D eigenvalue weighted by Crippen LogP contribution is 2.05. The van der Waals surface area contributed by atoms with Crippen molar-refractivity contribution in [2.75, 3.05) is 0 Å². The highest BCUT2D eigenvalue weighted by Gasteiger charge is 2.06. The lowest BCUT2D eigenvalue weighted by Gasteiger charge is -1.88. The lowest BCUT2D eigenvalue weighted by molar-refractivity contribution is -0.419. The van der Waals surface area contributed by atoms with E-state index in [1.54, 1.807) is 19.2 Å². The van der Waals surface area contributed by atoms with Gasteiger partial charge in [-0.25, -0.2) is 0 Å². The summed E-state index contributed by atoms with van der Waals surface area (Å²) in [6.45, 7) is 1.81. The summed E-state index contributed by atoms with van der Waals surface area (Å²) in [5, 5.41) is 13.0. The Kier molecular flexibility index (Phi) is 2.06. The Morgan fingerprint density at radius 2 is 2.36 bits per heavy atom. The van der Waals surface area contributed by atoms with Gasteiger partial charge < -0.3 is 5.32 Å². The van der Waals surface area contributed by atoms with Crippen LogP contribution < -0.4 is 5.32 Å². The molecular formula is C7H8N2O2. The molecule has 1 aliphatic rings. The predicted molar refractivity (Wildman–Crippen MR) is 41.1 cm³/mol. The fraction of sp³-hybridized carbons (Fsp3) is 0.143. The fourth-order valence-electron chi connectivity index (χ4n) is 0.742. The number of hydrogen-bond donors (Lipinski definition) is 1. The van der Waals surface area contributed by atoms with Crippen LogP contribution in [0.2, 0.25) is 0 Å². The molecule has 0 saturated heterocycles. The van der Waals surface area contributed by atoms with Gasteiger partial charge >= 0.3 is 0 Å². The van der Waals surface area contributed by atoms with Crippen molar-refractivity contribution in [3.8, 4) is 0 Å². The average molecular weight is 152 g/mol. The summed E-state index contributed by atoms with van der Waals surface area (Å²) in [7, 11) is 0. The Morgan fingerprint density at radius 3 is 3.00 bits per heavy atom. The number of nitrogens with zero attached hydrogens (tertiary/aromatic N) is 1. The van der Waals surface area contributed by atoms with E-state index in [4.69, 9.17) is 0 Å². The van der Waals surface area contributed by atoms with Gasteiger partial charge in [-0.05, 0) is 18.6 Å². The molecule has 11 heavy (non-hydrogen) atoms. The molecule has 58 valence electrons. The Bertz CT molecular complexity index is 264. The van der Waals surface area contributed by atoms with Crippen molar-refractivity contribution in [3.05, 3.63) is 45.9 Å². The summed E-state index contributed by atoms with van der Waals surface area (Å²) in [6, 6.07) is 0. The molecule has 0 fully saturated rings. The maximum Gasteiger partial charge on any atom is 0.285 e. The average Bonchev–Trinajstić information content (AvgIpc) is 2.13. The van der Waals surface area contributed by atoms with Crippen LogP contribution in [-0.4, -0.2) is 4.92 Å². The Balaban J connectivity index is 2.91. The van der Waals surface area contributed by atoms with E-state index < -0.39 is 4.92 Å². The Labute approximate surface area is 64.1 Å². The van der Waals surface area contributed by atoms with Gasteiger partial charge in [0.15, 0.2) is 0 Å². The summed E-state index contributed by atoms with van der Waals surface area (Å²) < 4.78 is 0. The van der Waals surface area contributed by atoms with E-state index in [1.807, 2.05) is 0 Å². The first kappa shape index (κ1) is 7.53. The molecule has 0 aromatic heterocycles. The van der Waals surface area contributed by atoms with E-state index in [0.29, 0.717) is 0 Å². The molecule has 4 heteroatoms. The molecule has 0 atom stereocenters. The molecule has 0 bridgehead atoms. The second-order valence-corrected chi connectivity index (χ2v) is 2.21. The van der Waals surface area contributed by atoms with Crippen LogP contribution in [0.4, 0.5) is 0 Å². The van der Waals surface area contributed by atoms with Crippen LogP contribution in [-0.2, 0) is 0 Å². The molecule has 1 rings (SSSR count). The van der Waals surface area contributed by atoms with Crippen molar-refractivity contribution < 1.29 is 4.92 Å². The van der Waals surface area contributed by atoms with Gasteiger partial charge in [-0.3, -0.25) is 10.1 Å². The van der Waals surface area contributed by atoms with Crippen LogP contribution in [0, 0.1) is 10.1 Å². The third kappa shape index (κ3) is 1.93. The van der Waals surface area contributed by atoms with Crippen molar-refractivity contribution in [2.45, 2.75) is 6.92 Å². The first-order chi connectivity index (χ1) is 5.20. The minimum absolute atomic E-state index is 0.0764. The summed E-state index contributed by atoms with van der Waals surface area (Å²) >= 11 is 0. The molecule has 0 aromatic carbocycles. The highest BCUT2D eigenvalue weighted by molar-refractivity contribution is 5.27. The van der Waals surface area contributed by atoms with Gasteiger partial charge in [0, 0.05) is 12.3 Å². The zero-order valence-corrected chi connectivity index (χ0v) is 6.07. The monoisotopic (exact) mass is 152 g/mol. The second-order valence-electron chi connectivity index (χ2n) is 2.21. The summed E-state index contributed by atoms with van der Waals surface area (Å²) in [4.78, 5) is 9.85. The van der Waals surface area contributed by atoms with Crippen molar-refractivity contribution in [3.63, 3.8) is 0 Å². The van der Waals surface area contributed by atoms with Gasteiger partial charge in [-0.1, -0.05) is 0 Å².